The number of halogens is 6. The molecular formula is C10H7BrF5NO. The van der Waals surface area contributed by atoms with E-state index in [9.17, 15) is 26.7 Å². The van der Waals surface area contributed by atoms with Crippen LogP contribution in [0.25, 0.3) is 0 Å². The summed E-state index contributed by atoms with van der Waals surface area (Å²) in [4.78, 5) is 10.9. The van der Waals surface area contributed by atoms with Gasteiger partial charge in [0.15, 0.2) is 0 Å². The van der Waals surface area contributed by atoms with Gasteiger partial charge in [0, 0.05) is 4.47 Å². The smallest absolute Gasteiger partial charge is 0.319 e. The number of carbonyl (C=O) groups is 1. The van der Waals surface area contributed by atoms with Crippen molar-refractivity contribution in [2.75, 3.05) is 5.32 Å². The molecule has 0 spiro atoms. The molecule has 0 heterocycles. The van der Waals surface area contributed by atoms with Gasteiger partial charge in [0.05, 0.1) is 5.69 Å². The number of hydrogen-bond acceptors (Lipinski definition) is 1. The average Bonchev–Trinajstić information content (AvgIpc) is 2.21. The van der Waals surface area contributed by atoms with Crippen molar-refractivity contribution in [1.29, 1.82) is 0 Å². The molecule has 1 aromatic carbocycles. The third-order valence-electron chi connectivity index (χ3n) is 2.01. The Morgan fingerprint density at radius 3 is 2.28 bits per heavy atom. The minimum absolute atomic E-state index is 0.149. The Labute approximate surface area is 107 Å². The maximum Gasteiger partial charge on any atom is 0.463 e. The van der Waals surface area contributed by atoms with E-state index in [1.54, 1.807) is 18.3 Å². The Kier molecular flexibility index (Phi) is 3.99. The lowest BCUT2D eigenvalue weighted by atomic mass is 10.2. The van der Waals surface area contributed by atoms with Crippen molar-refractivity contribution in [1.82, 2.24) is 0 Å². The van der Waals surface area contributed by atoms with Gasteiger partial charge in [0.25, 0.3) is 0 Å². The first kappa shape index (κ1) is 14.9. The number of aryl methyl sites for hydroxylation is 1. The van der Waals surface area contributed by atoms with Crippen LogP contribution in [0.4, 0.5) is 27.6 Å². The molecule has 0 unspecified atom stereocenters. The van der Waals surface area contributed by atoms with E-state index in [0.717, 1.165) is 0 Å². The Morgan fingerprint density at radius 1 is 1.22 bits per heavy atom. The van der Waals surface area contributed by atoms with Crippen LogP contribution < -0.4 is 5.32 Å². The van der Waals surface area contributed by atoms with E-state index in [4.69, 9.17) is 0 Å². The predicted octanol–water partition coefficient (Wildman–Crippen LogP) is 3.89. The molecule has 0 aliphatic heterocycles. The summed E-state index contributed by atoms with van der Waals surface area (Å²) in [6.07, 6.45) is -5.92. The van der Waals surface area contributed by atoms with Crippen molar-refractivity contribution in [3.63, 3.8) is 0 Å². The third-order valence-corrected chi connectivity index (χ3v) is 2.70. The number of hydrogen-bond donors (Lipinski definition) is 1. The average molecular weight is 332 g/mol. The summed E-state index contributed by atoms with van der Waals surface area (Å²) in [6.45, 7) is 1.60. The molecule has 1 N–H and O–H groups in total. The molecule has 100 valence electrons. The van der Waals surface area contributed by atoms with Crippen molar-refractivity contribution >= 4 is 27.5 Å². The molecule has 0 aromatic heterocycles. The second kappa shape index (κ2) is 4.83. The summed E-state index contributed by atoms with van der Waals surface area (Å²) in [6, 6.07) is 4.30. The summed E-state index contributed by atoms with van der Waals surface area (Å²) in [5.74, 6) is -7.85. The van der Waals surface area contributed by atoms with Gasteiger partial charge in [-0.25, -0.2) is 0 Å². The zero-order chi connectivity index (χ0) is 14.1. The summed E-state index contributed by atoms with van der Waals surface area (Å²) >= 11 is 2.94. The molecule has 0 aliphatic carbocycles. The van der Waals surface area contributed by atoms with E-state index in [1.807, 2.05) is 0 Å². The highest BCUT2D eigenvalue weighted by Gasteiger charge is 2.63. The van der Waals surface area contributed by atoms with Crippen molar-refractivity contribution in [2.45, 2.75) is 19.0 Å². The first-order valence-electron chi connectivity index (χ1n) is 4.58. The second-order valence-corrected chi connectivity index (χ2v) is 4.36. The molecule has 2 nitrogen and oxygen atoms in total. The van der Waals surface area contributed by atoms with Gasteiger partial charge in [0.1, 0.15) is 0 Å². The fourth-order valence-electron chi connectivity index (χ4n) is 1.06. The summed E-state index contributed by atoms with van der Waals surface area (Å²) in [5.41, 5.74) is 0.452. The van der Waals surface area contributed by atoms with Crippen LogP contribution in [0.5, 0.6) is 0 Å². The number of benzene rings is 1. The van der Waals surface area contributed by atoms with E-state index in [0.29, 0.717) is 5.56 Å². The molecule has 18 heavy (non-hydrogen) atoms. The first-order valence-corrected chi connectivity index (χ1v) is 5.37. The van der Waals surface area contributed by atoms with Crippen LogP contribution in [0, 0.1) is 6.92 Å². The van der Waals surface area contributed by atoms with Crippen molar-refractivity contribution in [2.24, 2.45) is 0 Å². The normalized spacial score (nSPS) is 12.4. The molecule has 0 saturated carbocycles. The molecule has 8 heteroatoms. The Hall–Kier alpha value is -1.18. The Bertz CT molecular complexity index is 472. The molecule has 0 bridgehead atoms. The van der Waals surface area contributed by atoms with Gasteiger partial charge in [-0.05, 0) is 40.5 Å². The summed E-state index contributed by atoms with van der Waals surface area (Å²) in [7, 11) is 0. The largest absolute Gasteiger partial charge is 0.463 e. The standard InChI is InChI=1S/C10H7BrF5NO/c1-5-2-3-6(11)7(4-5)17-8(18)9(12,13)10(14,15)16/h2-4H,1H3,(H,17,18). The SMILES string of the molecule is Cc1ccc(Br)c(NC(=O)C(F)(F)C(F)(F)F)c1. The fourth-order valence-corrected chi connectivity index (χ4v) is 1.41. The Balaban J connectivity index is 2.98. The number of rotatable bonds is 2. The molecule has 0 atom stereocenters. The fraction of sp³-hybridized carbons (Fsp3) is 0.300. The molecule has 1 aromatic rings. The lowest BCUT2D eigenvalue weighted by molar-refractivity contribution is -0.267. The maximum atomic E-state index is 12.7. The van der Waals surface area contributed by atoms with E-state index in [1.165, 1.54) is 12.1 Å². The molecule has 0 fully saturated rings. The van der Waals surface area contributed by atoms with Crippen LogP contribution >= 0.6 is 15.9 Å². The lowest BCUT2D eigenvalue weighted by Gasteiger charge is -2.19. The van der Waals surface area contributed by atoms with Crippen molar-refractivity contribution < 1.29 is 26.7 Å². The zero-order valence-electron chi connectivity index (χ0n) is 8.91. The third kappa shape index (κ3) is 2.98. The molecule has 0 saturated heterocycles. The van der Waals surface area contributed by atoms with Crippen LogP contribution in [0.15, 0.2) is 22.7 Å². The highest BCUT2D eigenvalue weighted by Crippen LogP contribution is 2.37. The highest BCUT2D eigenvalue weighted by molar-refractivity contribution is 9.10. The number of anilines is 1. The van der Waals surface area contributed by atoms with Crippen LogP contribution in [0.3, 0.4) is 0 Å². The quantitative estimate of drug-likeness (QED) is 0.818. The van der Waals surface area contributed by atoms with Crippen molar-refractivity contribution in [3.05, 3.63) is 28.2 Å². The molecule has 1 rings (SSSR count). The van der Waals surface area contributed by atoms with Gasteiger partial charge in [0.2, 0.25) is 0 Å². The number of alkyl halides is 5. The lowest BCUT2D eigenvalue weighted by Crippen LogP contribution is -2.47. The summed E-state index contributed by atoms with van der Waals surface area (Å²) < 4.78 is 61.4. The van der Waals surface area contributed by atoms with Crippen LogP contribution in [-0.2, 0) is 4.79 Å². The van der Waals surface area contributed by atoms with Gasteiger partial charge < -0.3 is 5.32 Å². The van der Waals surface area contributed by atoms with Crippen LogP contribution in [0.1, 0.15) is 5.56 Å². The van der Waals surface area contributed by atoms with Crippen LogP contribution in [0.2, 0.25) is 0 Å². The monoisotopic (exact) mass is 331 g/mol. The summed E-state index contributed by atoms with van der Waals surface area (Å²) in [5, 5.41) is 1.54. The molecular weight excluding hydrogens is 325 g/mol. The van der Waals surface area contributed by atoms with Gasteiger partial charge in [-0.15, -0.1) is 0 Å². The number of nitrogens with one attached hydrogen (secondary N) is 1. The minimum atomic E-state index is -5.92. The van der Waals surface area contributed by atoms with E-state index < -0.39 is 18.0 Å². The highest BCUT2D eigenvalue weighted by atomic mass is 79.9. The van der Waals surface area contributed by atoms with Gasteiger partial charge in [-0.3, -0.25) is 4.79 Å². The van der Waals surface area contributed by atoms with E-state index >= 15 is 0 Å². The topological polar surface area (TPSA) is 29.1 Å². The molecule has 1 amide bonds. The van der Waals surface area contributed by atoms with Gasteiger partial charge in [-0.2, -0.15) is 22.0 Å². The van der Waals surface area contributed by atoms with Crippen LogP contribution in [-0.4, -0.2) is 18.0 Å². The number of carbonyl (C=O) groups excluding carboxylic acids is 1. The second-order valence-electron chi connectivity index (χ2n) is 3.51. The Morgan fingerprint density at radius 2 is 1.78 bits per heavy atom. The van der Waals surface area contributed by atoms with E-state index in [-0.39, 0.29) is 10.2 Å². The minimum Gasteiger partial charge on any atom is -0.319 e. The predicted molar refractivity (Wildman–Crippen MR) is 58.5 cm³/mol. The first-order chi connectivity index (χ1) is 8.05. The van der Waals surface area contributed by atoms with E-state index in [2.05, 4.69) is 15.9 Å². The van der Waals surface area contributed by atoms with Gasteiger partial charge in [-0.1, -0.05) is 6.07 Å². The van der Waals surface area contributed by atoms with Gasteiger partial charge >= 0.3 is 18.0 Å². The zero-order valence-corrected chi connectivity index (χ0v) is 10.5. The molecule has 0 aliphatic rings. The molecule has 0 radical (unpaired) electrons. The number of amides is 1. The van der Waals surface area contributed by atoms with Crippen molar-refractivity contribution in [3.8, 4) is 0 Å². The maximum absolute atomic E-state index is 12.7.